The van der Waals surface area contributed by atoms with E-state index in [1.54, 1.807) is 0 Å². The third-order valence-corrected chi connectivity index (χ3v) is 3.53. The number of nitro groups is 1. The van der Waals surface area contributed by atoms with Crippen LogP contribution in [0.3, 0.4) is 0 Å². The van der Waals surface area contributed by atoms with Crippen LogP contribution < -0.4 is 4.90 Å². The lowest BCUT2D eigenvalue weighted by Gasteiger charge is -2.26. The highest BCUT2D eigenvalue weighted by Gasteiger charge is 2.32. The summed E-state index contributed by atoms with van der Waals surface area (Å²) in [5, 5.41) is 20.3. The molecule has 2 atom stereocenters. The Balaban J connectivity index is 2.36. The summed E-state index contributed by atoms with van der Waals surface area (Å²) in [5.74, 6) is 0.785. The van der Waals surface area contributed by atoms with Gasteiger partial charge in [0.25, 0.3) is 5.69 Å². The summed E-state index contributed by atoms with van der Waals surface area (Å²) in [5.41, 5.74) is -0.0822. The van der Waals surface area contributed by atoms with Gasteiger partial charge in [-0.05, 0) is 12.3 Å². The van der Waals surface area contributed by atoms with Crippen LogP contribution in [0.5, 0.6) is 0 Å². The van der Waals surface area contributed by atoms with Crippen molar-refractivity contribution in [2.45, 2.75) is 19.4 Å². The summed E-state index contributed by atoms with van der Waals surface area (Å²) < 4.78 is 0. The van der Waals surface area contributed by atoms with Gasteiger partial charge in [-0.1, -0.05) is 18.5 Å². The number of rotatable bonds is 3. The Morgan fingerprint density at radius 2 is 2.39 bits per heavy atom. The second-order valence-electron chi connectivity index (χ2n) is 4.47. The number of aliphatic hydroxyl groups is 1. The topological polar surface area (TPSA) is 79.5 Å². The number of anilines is 1. The molecule has 0 bridgehead atoms. The summed E-state index contributed by atoms with van der Waals surface area (Å²) in [6.45, 7) is 2.76. The summed E-state index contributed by atoms with van der Waals surface area (Å²) in [7, 11) is 0. The predicted molar refractivity (Wildman–Crippen MR) is 67.9 cm³/mol. The molecule has 1 saturated heterocycles. The van der Waals surface area contributed by atoms with Crippen molar-refractivity contribution in [1.82, 2.24) is 4.98 Å². The van der Waals surface area contributed by atoms with Crippen molar-refractivity contribution < 1.29 is 10.0 Å². The highest BCUT2D eigenvalue weighted by atomic mass is 35.5. The highest BCUT2D eigenvalue weighted by molar-refractivity contribution is 6.29. The van der Waals surface area contributed by atoms with E-state index >= 15 is 0 Å². The van der Waals surface area contributed by atoms with Crippen molar-refractivity contribution in [3.05, 3.63) is 27.4 Å². The molecule has 98 valence electrons. The van der Waals surface area contributed by atoms with Crippen molar-refractivity contribution in [3.8, 4) is 0 Å². The maximum absolute atomic E-state index is 10.8. The van der Waals surface area contributed by atoms with E-state index < -0.39 is 4.92 Å². The molecule has 18 heavy (non-hydrogen) atoms. The first kappa shape index (κ1) is 13.0. The van der Waals surface area contributed by atoms with Gasteiger partial charge in [-0.2, -0.15) is 0 Å². The zero-order valence-electron chi connectivity index (χ0n) is 9.91. The molecule has 6 nitrogen and oxygen atoms in total. The van der Waals surface area contributed by atoms with Gasteiger partial charge >= 0.3 is 0 Å². The zero-order chi connectivity index (χ0) is 13.3. The number of aliphatic hydroxyl groups excluding tert-OH is 1. The lowest BCUT2D eigenvalue weighted by Crippen LogP contribution is -2.35. The number of pyridine rings is 1. The Morgan fingerprint density at radius 1 is 1.67 bits per heavy atom. The fourth-order valence-corrected chi connectivity index (χ4v) is 2.49. The Kier molecular flexibility index (Phi) is 3.68. The van der Waals surface area contributed by atoms with Gasteiger partial charge in [0.05, 0.1) is 29.7 Å². The minimum Gasteiger partial charge on any atom is -0.394 e. The quantitative estimate of drug-likeness (QED) is 0.516. The predicted octanol–water partition coefficient (Wildman–Crippen LogP) is 1.85. The maximum atomic E-state index is 10.8. The van der Waals surface area contributed by atoms with Gasteiger partial charge in [0, 0.05) is 6.54 Å². The fraction of sp³-hybridized carbons (Fsp3) is 0.545. The number of halogens is 1. The molecule has 0 aliphatic carbocycles. The number of nitrogens with zero attached hydrogens (tertiary/aromatic N) is 3. The van der Waals surface area contributed by atoms with Crippen molar-refractivity contribution in [1.29, 1.82) is 0 Å². The minimum absolute atomic E-state index is 0.00313. The van der Waals surface area contributed by atoms with Crippen LogP contribution in [0.25, 0.3) is 0 Å². The summed E-state index contributed by atoms with van der Waals surface area (Å²) in [4.78, 5) is 16.3. The van der Waals surface area contributed by atoms with Gasteiger partial charge in [-0.15, -0.1) is 0 Å². The van der Waals surface area contributed by atoms with Crippen LogP contribution in [-0.4, -0.2) is 34.2 Å². The van der Waals surface area contributed by atoms with Crippen LogP contribution in [0.2, 0.25) is 5.15 Å². The monoisotopic (exact) mass is 271 g/mol. The molecule has 0 spiro atoms. The molecular weight excluding hydrogens is 258 g/mol. The second-order valence-corrected chi connectivity index (χ2v) is 4.86. The third-order valence-electron chi connectivity index (χ3n) is 3.34. The summed E-state index contributed by atoms with van der Waals surface area (Å²) in [6.07, 6.45) is 0.924. The highest BCUT2D eigenvalue weighted by Crippen LogP contribution is 2.31. The molecule has 1 aromatic heterocycles. The molecule has 1 fully saturated rings. The smallest absolute Gasteiger partial charge is 0.276 e. The van der Waals surface area contributed by atoms with Crippen molar-refractivity contribution in [3.63, 3.8) is 0 Å². The van der Waals surface area contributed by atoms with Crippen LogP contribution in [0.4, 0.5) is 11.5 Å². The van der Waals surface area contributed by atoms with E-state index in [0.29, 0.717) is 11.7 Å². The van der Waals surface area contributed by atoms with Crippen LogP contribution in [0, 0.1) is 16.0 Å². The molecule has 1 aromatic rings. The van der Waals surface area contributed by atoms with E-state index in [9.17, 15) is 15.2 Å². The largest absolute Gasteiger partial charge is 0.394 e. The lowest BCUT2D eigenvalue weighted by molar-refractivity contribution is -0.384. The average molecular weight is 272 g/mol. The summed E-state index contributed by atoms with van der Waals surface area (Å²) in [6, 6.07) is 2.56. The second kappa shape index (κ2) is 5.07. The minimum atomic E-state index is -0.496. The normalized spacial score (nSPS) is 23.4. The first-order valence-electron chi connectivity index (χ1n) is 5.72. The molecule has 1 N–H and O–H groups in total. The van der Waals surface area contributed by atoms with Gasteiger partial charge in [0.1, 0.15) is 11.0 Å². The average Bonchev–Trinajstić information content (AvgIpc) is 2.69. The molecular formula is C11H14ClN3O3. The van der Waals surface area contributed by atoms with E-state index in [1.807, 2.05) is 11.8 Å². The van der Waals surface area contributed by atoms with E-state index in [4.69, 9.17) is 11.6 Å². The van der Waals surface area contributed by atoms with E-state index in [2.05, 4.69) is 4.98 Å². The van der Waals surface area contributed by atoms with Crippen LogP contribution in [0.15, 0.2) is 12.1 Å². The van der Waals surface area contributed by atoms with Crippen LogP contribution in [0.1, 0.15) is 13.3 Å². The molecule has 0 aromatic carbocycles. The van der Waals surface area contributed by atoms with Gasteiger partial charge < -0.3 is 10.0 Å². The molecule has 1 aliphatic rings. The van der Waals surface area contributed by atoms with Crippen LogP contribution >= 0.6 is 11.6 Å². The molecule has 2 heterocycles. The Morgan fingerprint density at radius 3 is 3.00 bits per heavy atom. The number of hydrogen-bond acceptors (Lipinski definition) is 5. The molecule has 2 rings (SSSR count). The lowest BCUT2D eigenvalue weighted by atomic mass is 10.0. The molecule has 1 aliphatic heterocycles. The zero-order valence-corrected chi connectivity index (χ0v) is 10.7. The van der Waals surface area contributed by atoms with E-state index in [-0.39, 0.29) is 23.5 Å². The molecule has 0 amide bonds. The third kappa shape index (κ3) is 2.39. The van der Waals surface area contributed by atoms with Crippen LogP contribution in [-0.2, 0) is 0 Å². The van der Waals surface area contributed by atoms with Crippen molar-refractivity contribution in [2.75, 3.05) is 18.1 Å². The fourth-order valence-electron chi connectivity index (χ4n) is 2.29. The van der Waals surface area contributed by atoms with Gasteiger partial charge in [-0.3, -0.25) is 10.1 Å². The summed E-state index contributed by atoms with van der Waals surface area (Å²) >= 11 is 5.80. The SMILES string of the molecule is CC1CCN(c2cc([N+](=O)[O-])cc(Cl)n2)C1CO. The molecule has 2 unspecified atom stereocenters. The molecule has 0 saturated carbocycles. The molecule has 0 radical (unpaired) electrons. The first-order chi connectivity index (χ1) is 8.52. The van der Waals surface area contributed by atoms with Gasteiger partial charge in [0.2, 0.25) is 0 Å². The Hall–Kier alpha value is -1.40. The maximum Gasteiger partial charge on any atom is 0.276 e. The van der Waals surface area contributed by atoms with Gasteiger partial charge in [0.15, 0.2) is 0 Å². The molecule has 7 heteroatoms. The Bertz CT molecular complexity index is 469. The van der Waals surface area contributed by atoms with Crippen molar-refractivity contribution >= 4 is 23.1 Å². The van der Waals surface area contributed by atoms with Gasteiger partial charge in [-0.25, -0.2) is 4.98 Å². The van der Waals surface area contributed by atoms with Crippen molar-refractivity contribution in [2.24, 2.45) is 5.92 Å². The number of hydrogen-bond donors (Lipinski definition) is 1. The Labute approximate surface area is 109 Å². The van der Waals surface area contributed by atoms with E-state index in [1.165, 1.54) is 12.1 Å². The number of aromatic nitrogens is 1. The van der Waals surface area contributed by atoms with E-state index in [0.717, 1.165) is 13.0 Å². The standard InChI is InChI=1S/C11H14ClN3O3/c1-7-2-3-14(9(7)6-16)11-5-8(15(17)18)4-10(12)13-11/h4-5,7,9,16H,2-3,6H2,1H3. The first-order valence-corrected chi connectivity index (χ1v) is 6.10.